The number of hydrogen-bond donors (Lipinski definition) is 2. The average Bonchev–Trinajstić information content (AvgIpc) is 3.18. The molecule has 7 heteroatoms. The zero-order valence-corrected chi connectivity index (χ0v) is 19.5. The summed E-state index contributed by atoms with van der Waals surface area (Å²) >= 11 is 0. The largest absolute Gasteiger partial charge is 0.465 e. The van der Waals surface area contributed by atoms with E-state index in [0.717, 1.165) is 22.1 Å². The monoisotopic (exact) mass is 444 g/mol. The Morgan fingerprint density at radius 2 is 1.82 bits per heavy atom. The number of nitrogens with zero attached hydrogens (tertiary/aromatic N) is 3. The molecule has 1 unspecified atom stereocenters. The Balaban J connectivity index is 2.18. The summed E-state index contributed by atoms with van der Waals surface area (Å²) in [6, 6.07) is 14.7. The van der Waals surface area contributed by atoms with Crippen LogP contribution in [0.25, 0.3) is 27.6 Å². The molecule has 0 aliphatic heterocycles. The summed E-state index contributed by atoms with van der Waals surface area (Å²) in [5.41, 5.74) is 3.50. The molecule has 0 bridgehead atoms. The summed E-state index contributed by atoms with van der Waals surface area (Å²) < 4.78 is 3.32. The molecular weight excluding hydrogens is 416 g/mol. The van der Waals surface area contributed by atoms with Gasteiger partial charge >= 0.3 is 6.09 Å². The standard InChI is InChI=1S/C26H28N4O3/c1-16(28-25(32)33)22-13-20-21(26(2,3)4)12-11-19(17-14-27-29(5)15-17)23(20)24(31)30(22)18-9-7-6-8-10-18/h6-16,28H,1-5H3,(H,32,33). The molecule has 2 heterocycles. The van der Waals surface area contributed by atoms with E-state index in [0.29, 0.717) is 16.8 Å². The first-order chi connectivity index (χ1) is 15.6. The minimum atomic E-state index is -1.14. The Hall–Kier alpha value is -3.87. The molecule has 0 aliphatic rings. The molecule has 2 aromatic carbocycles. The van der Waals surface area contributed by atoms with Gasteiger partial charge in [-0.3, -0.25) is 14.0 Å². The Bertz CT molecular complexity index is 1400. The van der Waals surface area contributed by atoms with Crippen LogP contribution in [0.3, 0.4) is 0 Å². The van der Waals surface area contributed by atoms with Crippen LogP contribution in [0.4, 0.5) is 4.79 Å². The van der Waals surface area contributed by atoms with Gasteiger partial charge in [0.25, 0.3) is 5.56 Å². The molecule has 2 N–H and O–H groups in total. The van der Waals surface area contributed by atoms with Crippen molar-refractivity contribution in [1.29, 1.82) is 0 Å². The lowest BCUT2D eigenvalue weighted by atomic mass is 9.82. The van der Waals surface area contributed by atoms with E-state index in [2.05, 4.69) is 37.3 Å². The van der Waals surface area contributed by atoms with E-state index in [1.807, 2.05) is 55.7 Å². The number of nitrogens with one attached hydrogen (secondary N) is 1. The van der Waals surface area contributed by atoms with E-state index in [9.17, 15) is 14.7 Å². The van der Waals surface area contributed by atoms with E-state index >= 15 is 0 Å². The highest BCUT2D eigenvalue weighted by Crippen LogP contribution is 2.36. The second kappa shape index (κ2) is 8.24. The second-order valence-corrected chi connectivity index (χ2v) is 9.32. The molecule has 0 fully saturated rings. The summed E-state index contributed by atoms with van der Waals surface area (Å²) in [7, 11) is 1.84. The number of aromatic nitrogens is 3. The topological polar surface area (TPSA) is 89.2 Å². The summed E-state index contributed by atoms with van der Waals surface area (Å²) in [6.07, 6.45) is 2.50. The molecule has 1 atom stereocenters. The predicted octanol–water partition coefficient (Wildman–Crippen LogP) is 5.02. The van der Waals surface area contributed by atoms with Crippen LogP contribution in [0.5, 0.6) is 0 Å². The van der Waals surface area contributed by atoms with Gasteiger partial charge in [0.1, 0.15) is 0 Å². The van der Waals surface area contributed by atoms with Crippen molar-refractivity contribution in [3.63, 3.8) is 0 Å². The van der Waals surface area contributed by atoms with Gasteiger partial charge in [0.05, 0.1) is 17.6 Å². The molecule has 0 saturated carbocycles. The molecule has 0 aliphatic carbocycles. The van der Waals surface area contributed by atoms with Crippen molar-refractivity contribution in [3.8, 4) is 16.8 Å². The van der Waals surface area contributed by atoms with Crippen LogP contribution in [0.1, 0.15) is 45.0 Å². The van der Waals surface area contributed by atoms with Crippen LogP contribution < -0.4 is 10.9 Å². The Morgan fingerprint density at radius 1 is 1.12 bits per heavy atom. The van der Waals surface area contributed by atoms with E-state index < -0.39 is 12.1 Å². The zero-order chi connectivity index (χ0) is 23.9. The van der Waals surface area contributed by atoms with Crippen molar-refractivity contribution in [1.82, 2.24) is 19.7 Å². The van der Waals surface area contributed by atoms with Crippen molar-refractivity contribution < 1.29 is 9.90 Å². The van der Waals surface area contributed by atoms with Crippen LogP contribution in [0.2, 0.25) is 0 Å². The number of carbonyl (C=O) groups is 1. The molecule has 2 aromatic heterocycles. The molecule has 0 spiro atoms. The highest BCUT2D eigenvalue weighted by atomic mass is 16.4. The summed E-state index contributed by atoms with van der Waals surface area (Å²) in [6.45, 7) is 8.06. The molecule has 4 rings (SSSR count). The summed E-state index contributed by atoms with van der Waals surface area (Å²) in [5.74, 6) is 0. The van der Waals surface area contributed by atoms with Crippen molar-refractivity contribution in [2.75, 3.05) is 0 Å². The number of hydrogen-bond acceptors (Lipinski definition) is 3. The lowest BCUT2D eigenvalue weighted by Gasteiger charge is -2.25. The second-order valence-electron chi connectivity index (χ2n) is 9.32. The van der Waals surface area contributed by atoms with E-state index in [-0.39, 0.29) is 11.0 Å². The normalized spacial score (nSPS) is 12.6. The number of amides is 1. The molecule has 33 heavy (non-hydrogen) atoms. The highest BCUT2D eigenvalue weighted by molar-refractivity contribution is 5.98. The smallest absolute Gasteiger partial charge is 0.405 e. The maximum Gasteiger partial charge on any atom is 0.405 e. The first kappa shape index (κ1) is 22.3. The first-order valence-corrected chi connectivity index (χ1v) is 10.8. The lowest BCUT2D eigenvalue weighted by molar-refractivity contribution is 0.190. The fourth-order valence-corrected chi connectivity index (χ4v) is 4.32. The van der Waals surface area contributed by atoms with Crippen LogP contribution >= 0.6 is 0 Å². The number of para-hydroxylation sites is 1. The number of carboxylic acid groups (broad SMARTS) is 1. The third-order valence-electron chi connectivity index (χ3n) is 5.83. The van der Waals surface area contributed by atoms with Crippen molar-refractivity contribution in [3.05, 3.63) is 82.5 Å². The average molecular weight is 445 g/mol. The summed E-state index contributed by atoms with van der Waals surface area (Å²) in [5, 5.41) is 17.6. The zero-order valence-electron chi connectivity index (χ0n) is 19.5. The van der Waals surface area contributed by atoms with Gasteiger partial charge in [0.2, 0.25) is 0 Å². The fraction of sp³-hybridized carbons (Fsp3) is 0.269. The Kier molecular flexibility index (Phi) is 5.57. The van der Waals surface area contributed by atoms with Crippen LogP contribution in [-0.2, 0) is 12.5 Å². The molecule has 7 nitrogen and oxygen atoms in total. The third-order valence-corrected chi connectivity index (χ3v) is 5.83. The molecule has 0 radical (unpaired) electrons. The van der Waals surface area contributed by atoms with Crippen molar-refractivity contribution in [2.45, 2.75) is 39.2 Å². The van der Waals surface area contributed by atoms with Gasteiger partial charge in [-0.2, -0.15) is 5.10 Å². The molecule has 4 aromatic rings. The van der Waals surface area contributed by atoms with Gasteiger partial charge in [-0.1, -0.05) is 51.1 Å². The van der Waals surface area contributed by atoms with Gasteiger partial charge in [-0.25, -0.2) is 4.79 Å². The van der Waals surface area contributed by atoms with Crippen molar-refractivity contribution in [2.24, 2.45) is 7.05 Å². The molecular formula is C26H28N4O3. The van der Waals surface area contributed by atoms with Crippen LogP contribution in [0.15, 0.2) is 65.7 Å². The van der Waals surface area contributed by atoms with Gasteiger partial charge in [-0.05, 0) is 47.1 Å². The Morgan fingerprint density at radius 3 is 2.39 bits per heavy atom. The van der Waals surface area contributed by atoms with Gasteiger partial charge < -0.3 is 10.4 Å². The third kappa shape index (κ3) is 4.14. The van der Waals surface area contributed by atoms with Crippen molar-refractivity contribution >= 4 is 16.9 Å². The Labute approximate surface area is 192 Å². The number of aryl methyl sites for hydroxylation is 1. The molecule has 0 saturated heterocycles. The lowest BCUT2D eigenvalue weighted by Crippen LogP contribution is -2.31. The van der Waals surface area contributed by atoms with E-state index in [1.54, 1.807) is 22.4 Å². The fourth-order valence-electron chi connectivity index (χ4n) is 4.32. The number of rotatable bonds is 4. The SMILES string of the molecule is CC(NC(=O)O)c1cc2c(C(C)(C)C)ccc(-c3cnn(C)c3)c2c(=O)n1-c1ccccc1. The summed E-state index contributed by atoms with van der Waals surface area (Å²) in [4.78, 5) is 25.6. The number of benzene rings is 2. The number of fused-ring (bicyclic) bond motifs is 1. The van der Waals surface area contributed by atoms with E-state index in [4.69, 9.17) is 0 Å². The molecule has 1 amide bonds. The molecule has 170 valence electrons. The predicted molar refractivity (Wildman–Crippen MR) is 130 cm³/mol. The maximum atomic E-state index is 14.2. The number of pyridine rings is 1. The quantitative estimate of drug-likeness (QED) is 0.463. The van der Waals surface area contributed by atoms with Crippen LogP contribution in [-0.4, -0.2) is 25.5 Å². The minimum absolute atomic E-state index is 0.197. The first-order valence-electron chi connectivity index (χ1n) is 10.8. The van der Waals surface area contributed by atoms with Crippen LogP contribution in [0, 0.1) is 0 Å². The van der Waals surface area contributed by atoms with Gasteiger partial charge in [-0.15, -0.1) is 0 Å². The van der Waals surface area contributed by atoms with Gasteiger partial charge in [0.15, 0.2) is 0 Å². The minimum Gasteiger partial charge on any atom is -0.465 e. The maximum absolute atomic E-state index is 14.2. The highest BCUT2D eigenvalue weighted by Gasteiger charge is 2.25. The van der Waals surface area contributed by atoms with E-state index in [1.165, 1.54) is 0 Å². The van der Waals surface area contributed by atoms with Gasteiger partial charge in [0, 0.05) is 30.2 Å².